The van der Waals surface area contributed by atoms with Crippen LogP contribution in [0.4, 0.5) is 0 Å². The second kappa shape index (κ2) is 13.0. The van der Waals surface area contributed by atoms with Gasteiger partial charge in [-0.2, -0.15) is 8.75 Å². The number of pyridine rings is 1. The molecule has 0 fully saturated rings. The van der Waals surface area contributed by atoms with Gasteiger partial charge in [0.05, 0.1) is 22.9 Å². The minimum atomic E-state index is 0.599. The largest absolute Gasteiger partial charge is 0.247 e. The normalized spacial score (nSPS) is 11.4. The van der Waals surface area contributed by atoms with Crippen molar-refractivity contribution < 1.29 is 0 Å². The number of hydrogen-bond acceptors (Lipinski definition) is 7. The Kier molecular flexibility index (Phi) is 7.55. The van der Waals surface area contributed by atoms with Crippen LogP contribution in [0.15, 0.2) is 170 Å². The number of benzene rings is 7. The third kappa shape index (κ3) is 5.69. The molecule has 0 aliphatic carbocycles. The van der Waals surface area contributed by atoms with Crippen LogP contribution in [0.3, 0.4) is 0 Å². The van der Waals surface area contributed by atoms with Crippen LogP contribution in [-0.4, -0.2) is 28.7 Å². The van der Waals surface area contributed by atoms with Gasteiger partial charge in [0.1, 0.15) is 11.0 Å². The van der Waals surface area contributed by atoms with Crippen LogP contribution in [0.5, 0.6) is 0 Å². The highest BCUT2D eigenvalue weighted by molar-refractivity contribution is 7.00. The van der Waals surface area contributed by atoms with E-state index in [9.17, 15) is 0 Å². The van der Waals surface area contributed by atoms with Gasteiger partial charge in [-0.15, -0.1) is 0 Å². The zero-order valence-electron chi connectivity index (χ0n) is 28.3. The lowest BCUT2D eigenvalue weighted by molar-refractivity contribution is 1.07. The van der Waals surface area contributed by atoms with Crippen molar-refractivity contribution >= 4 is 44.4 Å². The summed E-state index contributed by atoms with van der Waals surface area (Å²) in [5, 5.41) is 3.18. The Balaban J connectivity index is 1.07. The van der Waals surface area contributed by atoms with E-state index in [1.54, 1.807) is 0 Å². The van der Waals surface area contributed by atoms with Crippen molar-refractivity contribution in [2.45, 2.75) is 0 Å². The van der Waals surface area contributed by atoms with Gasteiger partial charge in [0.15, 0.2) is 17.5 Å². The molecule has 0 saturated heterocycles. The number of nitrogens with zero attached hydrogens (tertiary/aromatic N) is 6. The fourth-order valence-corrected chi connectivity index (χ4v) is 7.47. The minimum absolute atomic E-state index is 0.599. The molecule has 0 bridgehead atoms. The number of hydrogen-bond donors (Lipinski definition) is 0. The number of rotatable bonds is 6. The van der Waals surface area contributed by atoms with Gasteiger partial charge < -0.3 is 0 Å². The van der Waals surface area contributed by atoms with Crippen molar-refractivity contribution in [3.8, 4) is 67.7 Å². The van der Waals surface area contributed by atoms with Gasteiger partial charge in [0.2, 0.25) is 0 Å². The summed E-state index contributed by atoms with van der Waals surface area (Å²) in [5.41, 5.74) is 11.9. The van der Waals surface area contributed by atoms with E-state index in [4.69, 9.17) is 19.9 Å². The predicted octanol–water partition coefficient (Wildman–Crippen LogP) is 11.6. The Morgan fingerprint density at radius 3 is 1.30 bits per heavy atom. The predicted molar refractivity (Wildman–Crippen MR) is 216 cm³/mol. The molecular weight excluding hydrogens is 669 g/mol. The Morgan fingerprint density at radius 2 is 0.755 bits per heavy atom. The van der Waals surface area contributed by atoms with Gasteiger partial charge in [-0.3, -0.25) is 0 Å². The smallest absolute Gasteiger partial charge is 0.164 e. The summed E-state index contributed by atoms with van der Waals surface area (Å²) < 4.78 is 9.18. The van der Waals surface area contributed by atoms with Crippen LogP contribution < -0.4 is 0 Å². The minimum Gasteiger partial charge on any atom is -0.247 e. The molecule has 7 aromatic carbocycles. The molecule has 6 nitrogen and oxygen atoms in total. The highest BCUT2D eigenvalue weighted by Gasteiger charge is 2.17. The summed E-state index contributed by atoms with van der Waals surface area (Å²) in [7, 11) is 0. The molecule has 0 saturated carbocycles. The Bertz CT molecular complexity index is 2810. The van der Waals surface area contributed by atoms with E-state index in [0.717, 1.165) is 82.9 Å². The molecule has 10 aromatic rings. The summed E-state index contributed by atoms with van der Waals surface area (Å²) >= 11 is 1.24. The maximum Gasteiger partial charge on any atom is 0.164 e. The van der Waals surface area contributed by atoms with Crippen LogP contribution >= 0.6 is 11.7 Å². The molecule has 0 unspecified atom stereocenters. The summed E-state index contributed by atoms with van der Waals surface area (Å²) in [6, 6.07) is 58.2. The zero-order chi connectivity index (χ0) is 35.1. The van der Waals surface area contributed by atoms with Gasteiger partial charge in [0.25, 0.3) is 0 Å². The molecule has 0 N–H and O–H groups in total. The standard InChI is InChI=1S/C46H28N6S/c1-3-9-29(10-4-1)31-15-21-34(22-16-31)44-48-45(35-23-17-32(18-24-35)30-11-5-2-6-12-30)50-46(49-44)36-25-19-33(20-26-36)42-38-27-28-40-43(52-53-51-40)41(38)37-13-7-8-14-39(37)47-42/h1-28H. The summed E-state index contributed by atoms with van der Waals surface area (Å²) in [4.78, 5) is 20.2. The first-order chi connectivity index (χ1) is 26.2. The Hall–Kier alpha value is -6.96. The average Bonchev–Trinajstić information content (AvgIpc) is 3.74. The summed E-state index contributed by atoms with van der Waals surface area (Å²) in [6.07, 6.45) is 0. The van der Waals surface area contributed by atoms with Crippen LogP contribution in [0.2, 0.25) is 0 Å². The first kappa shape index (κ1) is 30.8. The van der Waals surface area contributed by atoms with E-state index in [0.29, 0.717) is 17.5 Å². The first-order valence-electron chi connectivity index (χ1n) is 17.4. The highest BCUT2D eigenvalue weighted by Crippen LogP contribution is 2.37. The quantitative estimate of drug-likeness (QED) is 0.161. The van der Waals surface area contributed by atoms with E-state index in [1.807, 2.05) is 30.3 Å². The molecule has 53 heavy (non-hydrogen) atoms. The van der Waals surface area contributed by atoms with Gasteiger partial charge in [-0.1, -0.05) is 152 Å². The van der Waals surface area contributed by atoms with Crippen LogP contribution in [0, 0.1) is 0 Å². The molecule has 3 aromatic heterocycles. The second-order valence-electron chi connectivity index (χ2n) is 12.9. The maximum atomic E-state index is 5.15. The van der Waals surface area contributed by atoms with E-state index in [1.165, 1.54) is 11.7 Å². The number of para-hydroxylation sites is 1. The summed E-state index contributed by atoms with van der Waals surface area (Å²) in [5.74, 6) is 1.83. The van der Waals surface area contributed by atoms with Gasteiger partial charge >= 0.3 is 0 Å². The monoisotopic (exact) mass is 696 g/mol. The van der Waals surface area contributed by atoms with Crippen molar-refractivity contribution in [1.29, 1.82) is 0 Å². The molecule has 0 aliphatic heterocycles. The molecule has 248 valence electrons. The maximum absolute atomic E-state index is 5.15. The number of aromatic nitrogens is 6. The third-order valence-corrected chi connectivity index (χ3v) is 10.2. The lowest BCUT2D eigenvalue weighted by Gasteiger charge is -2.12. The topological polar surface area (TPSA) is 77.3 Å². The van der Waals surface area contributed by atoms with Crippen molar-refractivity contribution in [1.82, 2.24) is 28.7 Å². The van der Waals surface area contributed by atoms with E-state index < -0.39 is 0 Å². The third-order valence-electron chi connectivity index (χ3n) is 9.64. The lowest BCUT2D eigenvalue weighted by atomic mass is 9.98. The molecule has 7 heteroatoms. The molecular formula is C46H28N6S. The van der Waals surface area contributed by atoms with Crippen molar-refractivity contribution in [2.75, 3.05) is 0 Å². The van der Waals surface area contributed by atoms with E-state index in [2.05, 4.69) is 148 Å². The fourth-order valence-electron chi connectivity index (χ4n) is 6.93. The molecule has 0 aliphatic rings. The molecule has 10 rings (SSSR count). The van der Waals surface area contributed by atoms with Crippen LogP contribution in [-0.2, 0) is 0 Å². The van der Waals surface area contributed by atoms with E-state index in [-0.39, 0.29) is 0 Å². The molecule has 0 amide bonds. The molecule has 3 heterocycles. The Labute approximate surface area is 309 Å². The Morgan fingerprint density at radius 1 is 0.302 bits per heavy atom. The van der Waals surface area contributed by atoms with Gasteiger partial charge in [0, 0.05) is 38.4 Å². The van der Waals surface area contributed by atoms with Crippen LogP contribution in [0.25, 0.3) is 100 Å². The van der Waals surface area contributed by atoms with E-state index >= 15 is 0 Å². The van der Waals surface area contributed by atoms with Gasteiger partial charge in [-0.25, -0.2) is 19.9 Å². The van der Waals surface area contributed by atoms with Crippen LogP contribution in [0.1, 0.15) is 0 Å². The molecule has 0 spiro atoms. The zero-order valence-corrected chi connectivity index (χ0v) is 29.1. The lowest BCUT2D eigenvalue weighted by Crippen LogP contribution is -2.00. The van der Waals surface area contributed by atoms with Crippen molar-refractivity contribution in [3.05, 3.63) is 170 Å². The molecule has 0 radical (unpaired) electrons. The number of fused-ring (bicyclic) bond motifs is 5. The summed E-state index contributed by atoms with van der Waals surface area (Å²) in [6.45, 7) is 0. The fraction of sp³-hybridized carbons (Fsp3) is 0. The van der Waals surface area contributed by atoms with Gasteiger partial charge in [-0.05, 0) is 40.5 Å². The average molecular weight is 697 g/mol. The first-order valence-corrected chi connectivity index (χ1v) is 18.1. The second-order valence-corrected chi connectivity index (χ2v) is 13.4. The molecule has 0 atom stereocenters. The highest BCUT2D eigenvalue weighted by atomic mass is 32.1. The van der Waals surface area contributed by atoms with Crippen molar-refractivity contribution in [3.63, 3.8) is 0 Å². The SMILES string of the molecule is c1ccc(-c2ccc(-c3nc(-c4ccc(-c5ccccc5)cc4)nc(-c4ccc(-c5nc6ccccc6c6c5ccc5nsnc56)cc4)n3)cc2)cc1. The van der Waals surface area contributed by atoms with Crippen molar-refractivity contribution in [2.24, 2.45) is 0 Å².